The van der Waals surface area contributed by atoms with E-state index in [1.807, 2.05) is 0 Å². The first-order valence-electron chi connectivity index (χ1n) is 9.37. The summed E-state index contributed by atoms with van der Waals surface area (Å²) < 4.78 is 10.1. The maximum Gasteiger partial charge on any atom is 0.309 e. The molecule has 0 aromatic rings. The van der Waals surface area contributed by atoms with Gasteiger partial charge in [0, 0.05) is 0 Å². The van der Waals surface area contributed by atoms with E-state index >= 15 is 0 Å². The number of carbonyl (C=O) groups excluding carboxylic acids is 3. The molecule has 0 amide bonds. The van der Waals surface area contributed by atoms with Crippen LogP contribution in [0.5, 0.6) is 0 Å². The predicted octanol–water partition coefficient (Wildman–Crippen LogP) is 4.18. The van der Waals surface area contributed by atoms with Gasteiger partial charge in [0.1, 0.15) is 0 Å². The number of ether oxygens (including phenoxy) is 2. The van der Waals surface area contributed by atoms with Crippen LogP contribution in [-0.2, 0) is 23.9 Å². The molecular formula is C20H36O5. The SMILES string of the molecule is CCC(C)CC(C)C(=O)OCC(=O)COC(=O)C(C)CC(C)(C)CC. The van der Waals surface area contributed by atoms with Gasteiger partial charge in [0.25, 0.3) is 0 Å². The molecule has 0 radical (unpaired) electrons. The summed E-state index contributed by atoms with van der Waals surface area (Å²) in [5.41, 5.74) is 0.0593. The van der Waals surface area contributed by atoms with Crippen LogP contribution in [0, 0.1) is 23.2 Å². The van der Waals surface area contributed by atoms with Crippen molar-refractivity contribution in [2.75, 3.05) is 13.2 Å². The van der Waals surface area contributed by atoms with E-state index < -0.39 is 5.78 Å². The first-order chi connectivity index (χ1) is 11.5. The first-order valence-corrected chi connectivity index (χ1v) is 9.37. The summed E-state index contributed by atoms with van der Waals surface area (Å²) in [6.07, 6.45) is 3.41. The number of ketones is 1. The topological polar surface area (TPSA) is 69.7 Å². The Bertz CT molecular complexity index is 441. The lowest BCUT2D eigenvalue weighted by molar-refractivity contribution is -0.157. The van der Waals surface area contributed by atoms with Crippen molar-refractivity contribution >= 4 is 17.7 Å². The Morgan fingerprint density at radius 1 is 0.880 bits per heavy atom. The largest absolute Gasteiger partial charge is 0.457 e. The average Bonchev–Trinajstić information content (AvgIpc) is 2.56. The van der Waals surface area contributed by atoms with Crippen molar-refractivity contribution in [3.63, 3.8) is 0 Å². The molecule has 0 aromatic heterocycles. The van der Waals surface area contributed by atoms with Gasteiger partial charge in [0.15, 0.2) is 13.2 Å². The molecule has 0 spiro atoms. The van der Waals surface area contributed by atoms with Crippen LogP contribution in [0.2, 0.25) is 0 Å². The van der Waals surface area contributed by atoms with E-state index in [9.17, 15) is 14.4 Å². The molecule has 146 valence electrons. The fourth-order valence-electron chi connectivity index (χ4n) is 2.55. The molecule has 0 saturated carbocycles. The van der Waals surface area contributed by atoms with Crippen LogP contribution in [0.15, 0.2) is 0 Å². The first kappa shape index (κ1) is 23.6. The number of rotatable bonds is 12. The molecule has 0 aromatic carbocycles. The minimum atomic E-state index is -0.403. The van der Waals surface area contributed by atoms with Gasteiger partial charge in [-0.2, -0.15) is 0 Å². The van der Waals surface area contributed by atoms with Crippen LogP contribution < -0.4 is 0 Å². The molecule has 0 bridgehead atoms. The molecule has 0 heterocycles. The molecule has 0 fully saturated rings. The van der Waals surface area contributed by atoms with Crippen molar-refractivity contribution in [1.29, 1.82) is 0 Å². The van der Waals surface area contributed by atoms with Crippen molar-refractivity contribution in [2.24, 2.45) is 23.2 Å². The zero-order valence-corrected chi connectivity index (χ0v) is 17.0. The fourth-order valence-corrected chi connectivity index (χ4v) is 2.55. The smallest absolute Gasteiger partial charge is 0.309 e. The van der Waals surface area contributed by atoms with Gasteiger partial charge in [-0.25, -0.2) is 0 Å². The molecule has 0 rings (SSSR count). The van der Waals surface area contributed by atoms with Gasteiger partial charge < -0.3 is 9.47 Å². The standard InChI is InChI=1S/C20H36O5/c1-8-14(3)10-15(4)18(22)24-12-17(21)13-25-19(23)16(5)11-20(6,7)9-2/h14-16H,8-13H2,1-7H3. The molecule has 3 atom stereocenters. The van der Waals surface area contributed by atoms with Gasteiger partial charge in [-0.1, -0.05) is 61.3 Å². The normalized spacial score (nSPS) is 15.2. The molecule has 0 saturated heterocycles. The summed E-state index contributed by atoms with van der Waals surface area (Å²) in [6, 6.07) is 0. The second kappa shape index (κ2) is 11.3. The summed E-state index contributed by atoms with van der Waals surface area (Å²) in [4.78, 5) is 35.6. The average molecular weight is 357 g/mol. The Morgan fingerprint density at radius 3 is 1.80 bits per heavy atom. The molecule has 5 nitrogen and oxygen atoms in total. The van der Waals surface area contributed by atoms with Crippen LogP contribution in [-0.4, -0.2) is 30.9 Å². The highest BCUT2D eigenvalue weighted by Gasteiger charge is 2.25. The van der Waals surface area contributed by atoms with Gasteiger partial charge in [-0.15, -0.1) is 0 Å². The lowest BCUT2D eigenvalue weighted by Crippen LogP contribution is -2.27. The molecule has 25 heavy (non-hydrogen) atoms. The summed E-state index contributed by atoms with van der Waals surface area (Å²) in [6.45, 7) is 13.4. The van der Waals surface area contributed by atoms with Crippen molar-refractivity contribution in [3.05, 3.63) is 0 Å². The summed E-state index contributed by atoms with van der Waals surface area (Å²) in [7, 11) is 0. The lowest BCUT2D eigenvalue weighted by Gasteiger charge is -2.25. The van der Waals surface area contributed by atoms with E-state index in [0.29, 0.717) is 12.3 Å². The number of esters is 2. The van der Waals surface area contributed by atoms with E-state index in [-0.39, 0.29) is 42.4 Å². The number of carbonyl (C=O) groups is 3. The van der Waals surface area contributed by atoms with Crippen LogP contribution in [0.25, 0.3) is 0 Å². The Morgan fingerprint density at radius 2 is 1.36 bits per heavy atom. The summed E-state index contributed by atoms with van der Waals surface area (Å²) in [5, 5.41) is 0. The van der Waals surface area contributed by atoms with Gasteiger partial charge in [-0.05, 0) is 24.2 Å². The second-order valence-corrected chi connectivity index (χ2v) is 8.03. The quantitative estimate of drug-likeness (QED) is 0.491. The zero-order valence-electron chi connectivity index (χ0n) is 17.0. The van der Waals surface area contributed by atoms with Gasteiger partial charge in [0.05, 0.1) is 11.8 Å². The molecular weight excluding hydrogens is 320 g/mol. The molecule has 0 N–H and O–H groups in total. The minimum absolute atomic E-state index is 0.0593. The predicted molar refractivity (Wildman–Crippen MR) is 98.0 cm³/mol. The third-order valence-electron chi connectivity index (χ3n) is 4.82. The maximum atomic E-state index is 12.0. The Kier molecular flexibility index (Phi) is 10.6. The van der Waals surface area contributed by atoms with Crippen molar-refractivity contribution in [2.45, 2.75) is 74.1 Å². The molecule has 0 aliphatic rings. The fraction of sp³-hybridized carbons (Fsp3) is 0.850. The lowest BCUT2D eigenvalue weighted by atomic mass is 9.81. The van der Waals surface area contributed by atoms with Crippen LogP contribution in [0.3, 0.4) is 0 Å². The number of hydrogen-bond donors (Lipinski definition) is 0. The monoisotopic (exact) mass is 356 g/mol. The summed E-state index contributed by atoms with van der Waals surface area (Å²) in [5.74, 6) is -1.22. The van der Waals surface area contributed by atoms with E-state index in [2.05, 4.69) is 34.6 Å². The Balaban J connectivity index is 4.15. The van der Waals surface area contributed by atoms with Crippen LogP contribution in [0.1, 0.15) is 74.1 Å². The van der Waals surface area contributed by atoms with Gasteiger partial charge in [0.2, 0.25) is 5.78 Å². The van der Waals surface area contributed by atoms with Crippen molar-refractivity contribution in [1.82, 2.24) is 0 Å². The minimum Gasteiger partial charge on any atom is -0.457 e. The summed E-state index contributed by atoms with van der Waals surface area (Å²) >= 11 is 0. The van der Waals surface area contributed by atoms with E-state index in [0.717, 1.165) is 19.3 Å². The Labute approximate surface area is 152 Å². The molecule has 0 aliphatic heterocycles. The van der Waals surface area contributed by atoms with Crippen molar-refractivity contribution in [3.8, 4) is 0 Å². The second-order valence-electron chi connectivity index (χ2n) is 8.03. The van der Waals surface area contributed by atoms with Gasteiger partial charge >= 0.3 is 11.9 Å². The highest BCUT2D eigenvalue weighted by molar-refractivity contribution is 5.85. The molecule has 3 unspecified atom stereocenters. The van der Waals surface area contributed by atoms with Crippen LogP contribution in [0.4, 0.5) is 0 Å². The third kappa shape index (κ3) is 10.3. The maximum absolute atomic E-state index is 12.0. The number of hydrogen-bond acceptors (Lipinski definition) is 5. The van der Waals surface area contributed by atoms with E-state index in [4.69, 9.17) is 9.47 Å². The number of Topliss-reactive ketones (excluding diaryl/α,β-unsaturated/α-hetero) is 1. The van der Waals surface area contributed by atoms with Crippen molar-refractivity contribution < 1.29 is 23.9 Å². The third-order valence-corrected chi connectivity index (χ3v) is 4.82. The highest BCUT2D eigenvalue weighted by Crippen LogP contribution is 2.29. The van der Waals surface area contributed by atoms with Gasteiger partial charge in [-0.3, -0.25) is 14.4 Å². The zero-order chi connectivity index (χ0) is 19.6. The van der Waals surface area contributed by atoms with E-state index in [1.54, 1.807) is 13.8 Å². The Hall–Kier alpha value is -1.39. The van der Waals surface area contributed by atoms with E-state index in [1.165, 1.54) is 0 Å². The highest BCUT2D eigenvalue weighted by atomic mass is 16.6. The molecule has 5 heteroatoms. The molecule has 0 aliphatic carbocycles. The van der Waals surface area contributed by atoms with Crippen LogP contribution >= 0.6 is 0 Å².